The molecule has 0 spiro atoms. The van der Waals surface area contributed by atoms with Crippen molar-refractivity contribution in [1.82, 2.24) is 10.2 Å². The molecule has 0 saturated carbocycles. The highest BCUT2D eigenvalue weighted by Crippen LogP contribution is 2.27. The maximum Gasteiger partial charge on any atom is 0.290 e. The van der Waals surface area contributed by atoms with E-state index in [1.807, 2.05) is 6.92 Å². The van der Waals surface area contributed by atoms with Crippen LogP contribution in [-0.4, -0.2) is 42.8 Å². The minimum Gasteiger partial charge on any atom is -0.459 e. The molecule has 1 aromatic heterocycles. The molecular formula is C19H21N3O4. The zero-order chi connectivity index (χ0) is 18.7. The normalized spacial score (nSPS) is 14.0. The summed E-state index contributed by atoms with van der Waals surface area (Å²) in [4.78, 5) is 40.2. The Labute approximate surface area is 151 Å². The third kappa shape index (κ3) is 3.46. The first-order valence-electron chi connectivity index (χ1n) is 8.51. The lowest BCUT2D eigenvalue weighted by Gasteiger charge is -2.18. The Hall–Kier alpha value is -3.09. The monoisotopic (exact) mass is 355 g/mol. The number of hydrogen-bond donors (Lipinski definition) is 1. The molecule has 0 saturated heterocycles. The van der Waals surface area contributed by atoms with E-state index in [9.17, 15) is 14.4 Å². The number of amides is 3. The summed E-state index contributed by atoms with van der Waals surface area (Å²) in [6, 6.07) is 8.40. The van der Waals surface area contributed by atoms with Crippen LogP contribution in [0.3, 0.4) is 0 Å². The summed E-state index contributed by atoms with van der Waals surface area (Å²) < 4.78 is 5.16. The average Bonchev–Trinajstić information content (AvgIpc) is 3.15. The van der Waals surface area contributed by atoms with Crippen molar-refractivity contribution >= 4 is 23.4 Å². The number of benzene rings is 1. The first-order chi connectivity index (χ1) is 12.5. The number of anilines is 1. The van der Waals surface area contributed by atoms with Crippen LogP contribution >= 0.6 is 0 Å². The Balaban J connectivity index is 1.90. The van der Waals surface area contributed by atoms with Gasteiger partial charge in [0.2, 0.25) is 5.91 Å². The topological polar surface area (TPSA) is 82.9 Å². The van der Waals surface area contributed by atoms with E-state index in [2.05, 4.69) is 5.32 Å². The first kappa shape index (κ1) is 17.7. The fourth-order valence-electron chi connectivity index (χ4n) is 2.86. The van der Waals surface area contributed by atoms with E-state index in [-0.39, 0.29) is 36.6 Å². The molecule has 3 amide bonds. The van der Waals surface area contributed by atoms with Crippen LogP contribution in [0.25, 0.3) is 0 Å². The Kier molecular flexibility index (Phi) is 5.06. The number of furan rings is 1. The van der Waals surface area contributed by atoms with Crippen molar-refractivity contribution in [2.24, 2.45) is 0 Å². The largest absolute Gasteiger partial charge is 0.459 e. The molecule has 0 fully saturated rings. The highest BCUT2D eigenvalue weighted by molar-refractivity contribution is 6.02. The maximum absolute atomic E-state index is 12.6. The minimum absolute atomic E-state index is 0.0535. The van der Waals surface area contributed by atoms with Crippen LogP contribution in [0.4, 0.5) is 5.69 Å². The molecule has 1 aliphatic rings. The van der Waals surface area contributed by atoms with Crippen molar-refractivity contribution in [3.8, 4) is 0 Å². The number of nitrogens with one attached hydrogen (secondary N) is 1. The van der Waals surface area contributed by atoms with E-state index in [4.69, 9.17) is 4.42 Å². The lowest BCUT2D eigenvalue weighted by molar-refractivity contribution is -0.118. The van der Waals surface area contributed by atoms with E-state index < -0.39 is 0 Å². The van der Waals surface area contributed by atoms with Crippen LogP contribution in [0.15, 0.2) is 41.0 Å². The van der Waals surface area contributed by atoms with Crippen molar-refractivity contribution in [1.29, 1.82) is 0 Å². The molecule has 2 heterocycles. The van der Waals surface area contributed by atoms with Gasteiger partial charge in [-0.15, -0.1) is 0 Å². The second-order valence-corrected chi connectivity index (χ2v) is 6.19. The lowest BCUT2D eigenvalue weighted by atomic mass is 10.1. The van der Waals surface area contributed by atoms with E-state index in [1.54, 1.807) is 37.4 Å². The molecule has 2 aromatic rings. The van der Waals surface area contributed by atoms with E-state index >= 15 is 0 Å². The molecule has 1 aromatic carbocycles. The Bertz CT molecular complexity index is 829. The smallest absolute Gasteiger partial charge is 0.290 e. The molecule has 26 heavy (non-hydrogen) atoms. The van der Waals surface area contributed by atoms with Crippen LogP contribution in [-0.2, 0) is 11.3 Å². The standard InChI is InChI=1S/C19H21N3O4/c1-3-8-20-18(24)13-6-7-14-11-22(19(25)16-5-4-9-26-16)12-17(23)21(2)15(14)10-13/h4-7,9-10H,3,8,11-12H2,1-2H3,(H,20,24). The van der Waals surface area contributed by atoms with Gasteiger partial charge < -0.3 is 19.5 Å². The Morgan fingerprint density at radius 2 is 2.04 bits per heavy atom. The van der Waals surface area contributed by atoms with Crippen molar-refractivity contribution in [2.75, 3.05) is 25.0 Å². The lowest BCUT2D eigenvalue weighted by Crippen LogP contribution is -2.38. The second kappa shape index (κ2) is 7.43. The van der Waals surface area contributed by atoms with Crippen LogP contribution in [0, 0.1) is 0 Å². The van der Waals surface area contributed by atoms with E-state index in [0.29, 0.717) is 17.8 Å². The zero-order valence-electron chi connectivity index (χ0n) is 14.8. The minimum atomic E-state index is -0.339. The third-order valence-corrected chi connectivity index (χ3v) is 4.32. The van der Waals surface area contributed by atoms with Crippen molar-refractivity contribution < 1.29 is 18.8 Å². The molecule has 7 nitrogen and oxygen atoms in total. The number of hydrogen-bond acceptors (Lipinski definition) is 4. The third-order valence-electron chi connectivity index (χ3n) is 4.32. The average molecular weight is 355 g/mol. The summed E-state index contributed by atoms with van der Waals surface area (Å²) in [5.41, 5.74) is 1.92. The quantitative estimate of drug-likeness (QED) is 0.910. The summed E-state index contributed by atoms with van der Waals surface area (Å²) in [6.07, 6.45) is 2.27. The zero-order valence-corrected chi connectivity index (χ0v) is 14.8. The van der Waals surface area contributed by atoms with Gasteiger partial charge in [-0.05, 0) is 36.2 Å². The summed E-state index contributed by atoms with van der Waals surface area (Å²) in [5.74, 6) is -0.549. The SMILES string of the molecule is CCCNC(=O)c1ccc2c(c1)N(C)C(=O)CN(C(=O)c1ccco1)C2. The summed E-state index contributed by atoms with van der Waals surface area (Å²) in [5, 5.41) is 2.82. The van der Waals surface area contributed by atoms with Gasteiger partial charge in [-0.25, -0.2) is 0 Å². The van der Waals surface area contributed by atoms with Gasteiger partial charge in [0.05, 0.1) is 6.26 Å². The molecule has 0 aliphatic carbocycles. The molecule has 3 rings (SSSR count). The predicted octanol–water partition coefficient (Wildman–Crippen LogP) is 2.04. The van der Waals surface area contributed by atoms with Gasteiger partial charge >= 0.3 is 0 Å². The van der Waals surface area contributed by atoms with Crippen LogP contribution < -0.4 is 10.2 Å². The molecule has 0 radical (unpaired) electrons. The molecule has 1 N–H and O–H groups in total. The van der Waals surface area contributed by atoms with Crippen LogP contribution in [0.2, 0.25) is 0 Å². The Morgan fingerprint density at radius 3 is 2.73 bits per heavy atom. The Morgan fingerprint density at radius 1 is 1.23 bits per heavy atom. The van der Waals surface area contributed by atoms with E-state index in [0.717, 1.165) is 12.0 Å². The molecule has 0 bridgehead atoms. The molecule has 0 atom stereocenters. The van der Waals surface area contributed by atoms with Gasteiger partial charge in [0.25, 0.3) is 11.8 Å². The maximum atomic E-state index is 12.6. The number of carbonyl (C=O) groups excluding carboxylic acids is 3. The van der Waals surface area contributed by atoms with Gasteiger partial charge in [-0.2, -0.15) is 0 Å². The number of carbonyl (C=O) groups is 3. The molecule has 136 valence electrons. The van der Waals surface area contributed by atoms with Gasteiger partial charge in [0, 0.05) is 31.4 Å². The summed E-state index contributed by atoms with van der Waals surface area (Å²) >= 11 is 0. The fourth-order valence-corrected chi connectivity index (χ4v) is 2.86. The van der Waals surface area contributed by atoms with Crippen molar-refractivity contribution in [3.63, 3.8) is 0 Å². The predicted molar refractivity (Wildman–Crippen MR) is 95.9 cm³/mol. The number of nitrogens with zero attached hydrogens (tertiary/aromatic N) is 2. The summed E-state index contributed by atoms with van der Waals surface area (Å²) in [6.45, 7) is 2.79. The first-order valence-corrected chi connectivity index (χ1v) is 8.51. The molecule has 7 heteroatoms. The van der Waals surface area contributed by atoms with Gasteiger partial charge in [0.1, 0.15) is 6.54 Å². The highest BCUT2D eigenvalue weighted by Gasteiger charge is 2.29. The van der Waals surface area contributed by atoms with Crippen LogP contribution in [0.1, 0.15) is 39.8 Å². The molecule has 0 unspecified atom stereocenters. The van der Waals surface area contributed by atoms with E-state index in [1.165, 1.54) is 16.1 Å². The fraction of sp³-hybridized carbons (Fsp3) is 0.316. The number of rotatable bonds is 4. The second-order valence-electron chi connectivity index (χ2n) is 6.19. The van der Waals surface area contributed by atoms with Gasteiger partial charge in [0.15, 0.2) is 5.76 Å². The van der Waals surface area contributed by atoms with Gasteiger partial charge in [-0.1, -0.05) is 13.0 Å². The van der Waals surface area contributed by atoms with Crippen molar-refractivity contribution in [2.45, 2.75) is 19.9 Å². The number of fused-ring (bicyclic) bond motifs is 1. The van der Waals surface area contributed by atoms with Gasteiger partial charge in [-0.3, -0.25) is 14.4 Å². The van der Waals surface area contributed by atoms with Crippen LogP contribution in [0.5, 0.6) is 0 Å². The molecule has 1 aliphatic heterocycles. The number of likely N-dealkylation sites (N-methyl/N-ethyl adjacent to an activating group) is 1. The highest BCUT2D eigenvalue weighted by atomic mass is 16.3. The molecular weight excluding hydrogens is 334 g/mol. The van der Waals surface area contributed by atoms with Crippen molar-refractivity contribution in [3.05, 3.63) is 53.5 Å². The summed E-state index contributed by atoms with van der Waals surface area (Å²) in [7, 11) is 1.65.